The van der Waals surface area contributed by atoms with E-state index in [1.165, 1.54) is 17.7 Å². The highest BCUT2D eigenvalue weighted by atomic mass is 35.5. The van der Waals surface area contributed by atoms with Crippen LogP contribution >= 0.6 is 57.9 Å². The standard InChI is InChI=1S/C18H12Cl3N5S2/c1-27-13-6-5-9(7-12(13)21)24-16-15-17(23-8-22-16)28-18(26-15)25-14-10(19)3-2-4-11(14)20/h2-8H,1H3,(H,25,26)(H,22,23,24). The Morgan fingerprint density at radius 2 is 1.75 bits per heavy atom. The quantitative estimate of drug-likeness (QED) is 0.301. The highest BCUT2D eigenvalue weighted by Gasteiger charge is 2.14. The number of halogens is 3. The van der Waals surface area contributed by atoms with E-state index in [0.717, 1.165) is 15.4 Å². The van der Waals surface area contributed by atoms with E-state index in [2.05, 4.69) is 25.6 Å². The van der Waals surface area contributed by atoms with Gasteiger partial charge in [0.25, 0.3) is 0 Å². The summed E-state index contributed by atoms with van der Waals surface area (Å²) in [7, 11) is 0. The van der Waals surface area contributed by atoms with Crippen LogP contribution in [0.5, 0.6) is 0 Å². The van der Waals surface area contributed by atoms with Gasteiger partial charge in [-0.2, -0.15) is 0 Å². The molecule has 0 saturated heterocycles. The molecule has 2 aromatic carbocycles. The molecule has 0 fully saturated rings. The van der Waals surface area contributed by atoms with Crippen LogP contribution in [0.1, 0.15) is 0 Å². The van der Waals surface area contributed by atoms with Gasteiger partial charge in [-0.1, -0.05) is 52.2 Å². The largest absolute Gasteiger partial charge is 0.338 e. The minimum atomic E-state index is 0.514. The van der Waals surface area contributed by atoms with E-state index in [1.54, 1.807) is 30.0 Å². The summed E-state index contributed by atoms with van der Waals surface area (Å²) in [5.41, 5.74) is 2.06. The summed E-state index contributed by atoms with van der Waals surface area (Å²) in [5, 5.41) is 8.75. The SMILES string of the molecule is CSc1ccc(Nc2ncnc3sc(Nc4c(Cl)cccc4Cl)nc23)cc1Cl. The van der Waals surface area contributed by atoms with Gasteiger partial charge in [-0.25, -0.2) is 15.0 Å². The molecule has 0 saturated carbocycles. The highest BCUT2D eigenvalue weighted by molar-refractivity contribution is 7.98. The number of anilines is 4. The van der Waals surface area contributed by atoms with Crippen molar-refractivity contribution in [2.45, 2.75) is 4.90 Å². The van der Waals surface area contributed by atoms with Gasteiger partial charge in [-0.3, -0.25) is 0 Å². The maximum absolute atomic E-state index is 6.30. The molecular weight excluding hydrogens is 457 g/mol. The summed E-state index contributed by atoms with van der Waals surface area (Å²) in [6, 6.07) is 11.1. The molecule has 142 valence electrons. The van der Waals surface area contributed by atoms with Gasteiger partial charge in [0, 0.05) is 10.6 Å². The van der Waals surface area contributed by atoms with Crippen LogP contribution < -0.4 is 10.6 Å². The van der Waals surface area contributed by atoms with E-state index < -0.39 is 0 Å². The second-order valence-corrected chi connectivity index (χ2v) is 8.64. The molecule has 4 aromatic rings. The van der Waals surface area contributed by atoms with Crippen molar-refractivity contribution in [2.75, 3.05) is 16.9 Å². The fraction of sp³-hybridized carbons (Fsp3) is 0.0556. The number of nitrogens with zero attached hydrogens (tertiary/aromatic N) is 3. The van der Waals surface area contributed by atoms with E-state index in [-0.39, 0.29) is 0 Å². The Labute approximate surface area is 184 Å². The average Bonchev–Trinajstić information content (AvgIpc) is 3.09. The predicted molar refractivity (Wildman–Crippen MR) is 121 cm³/mol. The molecule has 4 rings (SSSR count). The van der Waals surface area contributed by atoms with Crippen LogP contribution in [0.3, 0.4) is 0 Å². The van der Waals surface area contributed by atoms with Gasteiger partial charge in [0.15, 0.2) is 15.8 Å². The summed E-state index contributed by atoms with van der Waals surface area (Å²) in [6.45, 7) is 0. The summed E-state index contributed by atoms with van der Waals surface area (Å²) >= 11 is 21.7. The number of fused-ring (bicyclic) bond motifs is 1. The molecule has 0 spiro atoms. The lowest BCUT2D eigenvalue weighted by molar-refractivity contribution is 1.21. The first-order chi connectivity index (χ1) is 13.5. The van der Waals surface area contributed by atoms with Crippen LogP contribution in [0.15, 0.2) is 47.6 Å². The zero-order chi connectivity index (χ0) is 19.7. The van der Waals surface area contributed by atoms with Gasteiger partial charge in [0.05, 0.1) is 20.8 Å². The van der Waals surface area contributed by atoms with Gasteiger partial charge in [-0.15, -0.1) is 11.8 Å². The Morgan fingerprint density at radius 3 is 2.46 bits per heavy atom. The van der Waals surface area contributed by atoms with Crippen LogP contribution in [0.2, 0.25) is 15.1 Å². The van der Waals surface area contributed by atoms with Crippen molar-refractivity contribution in [1.29, 1.82) is 0 Å². The van der Waals surface area contributed by atoms with E-state index in [9.17, 15) is 0 Å². The summed E-state index contributed by atoms with van der Waals surface area (Å²) in [6.07, 6.45) is 3.48. The first-order valence-corrected chi connectivity index (χ1v) is 11.2. The maximum atomic E-state index is 6.30. The zero-order valence-corrected chi connectivity index (χ0v) is 18.2. The lowest BCUT2D eigenvalue weighted by Gasteiger charge is -2.08. The number of rotatable bonds is 5. The third-order valence-electron chi connectivity index (χ3n) is 3.80. The highest BCUT2D eigenvalue weighted by Crippen LogP contribution is 2.36. The second kappa shape index (κ2) is 8.31. The normalized spacial score (nSPS) is 11.0. The Hall–Kier alpha value is -1.77. The summed E-state index contributed by atoms with van der Waals surface area (Å²) in [4.78, 5) is 15.0. The third-order valence-corrected chi connectivity index (χ3v) is 6.53. The molecule has 10 heteroatoms. The molecule has 0 aliphatic rings. The molecule has 5 nitrogen and oxygen atoms in total. The molecule has 2 heterocycles. The van der Waals surface area contributed by atoms with Crippen molar-refractivity contribution < 1.29 is 0 Å². The van der Waals surface area contributed by atoms with Crippen LogP contribution in [0.25, 0.3) is 10.3 Å². The molecule has 2 N–H and O–H groups in total. The van der Waals surface area contributed by atoms with E-state index in [0.29, 0.717) is 37.2 Å². The molecule has 0 radical (unpaired) electrons. The molecule has 0 unspecified atom stereocenters. The van der Waals surface area contributed by atoms with Crippen molar-refractivity contribution in [3.8, 4) is 0 Å². The predicted octanol–water partition coefficient (Wildman–Crippen LogP) is 7.26. The lowest BCUT2D eigenvalue weighted by Crippen LogP contribution is -1.96. The summed E-state index contributed by atoms with van der Waals surface area (Å²) in [5.74, 6) is 0.590. The minimum Gasteiger partial charge on any atom is -0.338 e. The molecule has 0 atom stereocenters. The molecule has 0 aliphatic carbocycles. The number of benzene rings is 2. The Kier molecular flexibility index (Phi) is 5.80. The molecule has 2 aromatic heterocycles. The van der Waals surface area contributed by atoms with Gasteiger partial charge in [-0.05, 0) is 36.6 Å². The molecule has 0 aliphatic heterocycles. The number of nitrogens with one attached hydrogen (secondary N) is 2. The smallest absolute Gasteiger partial charge is 0.190 e. The van der Waals surface area contributed by atoms with Crippen molar-refractivity contribution in [2.24, 2.45) is 0 Å². The Balaban J connectivity index is 1.67. The fourth-order valence-corrected chi connectivity index (χ4v) is 4.68. The van der Waals surface area contributed by atoms with Crippen LogP contribution in [0, 0.1) is 0 Å². The number of hydrogen-bond donors (Lipinski definition) is 2. The lowest BCUT2D eigenvalue weighted by atomic mass is 10.3. The van der Waals surface area contributed by atoms with E-state index >= 15 is 0 Å². The van der Waals surface area contributed by atoms with Crippen molar-refractivity contribution in [1.82, 2.24) is 15.0 Å². The molecule has 0 bridgehead atoms. The van der Waals surface area contributed by atoms with Crippen molar-refractivity contribution in [3.05, 3.63) is 57.8 Å². The minimum absolute atomic E-state index is 0.514. The first kappa shape index (κ1) is 19.5. The van der Waals surface area contributed by atoms with Gasteiger partial charge in [0.2, 0.25) is 0 Å². The van der Waals surface area contributed by atoms with Crippen LogP contribution in [0.4, 0.5) is 22.3 Å². The van der Waals surface area contributed by atoms with Gasteiger partial charge in [0.1, 0.15) is 11.8 Å². The first-order valence-electron chi connectivity index (χ1n) is 7.98. The van der Waals surface area contributed by atoms with E-state index in [4.69, 9.17) is 34.8 Å². The Morgan fingerprint density at radius 1 is 0.964 bits per heavy atom. The van der Waals surface area contributed by atoms with Crippen LogP contribution in [-0.4, -0.2) is 21.2 Å². The van der Waals surface area contributed by atoms with Crippen molar-refractivity contribution in [3.63, 3.8) is 0 Å². The third kappa shape index (κ3) is 3.99. The summed E-state index contributed by atoms with van der Waals surface area (Å²) < 4.78 is 0. The van der Waals surface area contributed by atoms with Crippen molar-refractivity contribution >= 4 is 90.6 Å². The average molecular weight is 469 g/mol. The maximum Gasteiger partial charge on any atom is 0.190 e. The fourth-order valence-electron chi connectivity index (χ4n) is 2.50. The van der Waals surface area contributed by atoms with E-state index in [1.807, 2.05) is 24.5 Å². The van der Waals surface area contributed by atoms with Gasteiger partial charge < -0.3 is 10.6 Å². The number of thioether (sulfide) groups is 1. The number of hydrogen-bond acceptors (Lipinski definition) is 7. The number of thiazole rings is 1. The second-order valence-electron chi connectivity index (χ2n) is 5.59. The monoisotopic (exact) mass is 467 g/mol. The molecule has 28 heavy (non-hydrogen) atoms. The Bertz CT molecular complexity index is 1150. The topological polar surface area (TPSA) is 62.7 Å². The zero-order valence-electron chi connectivity index (χ0n) is 14.3. The number of para-hydroxylation sites is 1. The molecule has 0 amide bonds. The van der Waals surface area contributed by atoms with Crippen LogP contribution in [-0.2, 0) is 0 Å². The molecular formula is C18H12Cl3N5S2. The van der Waals surface area contributed by atoms with Gasteiger partial charge >= 0.3 is 0 Å². The number of aromatic nitrogens is 3.